The van der Waals surface area contributed by atoms with Gasteiger partial charge in [-0.3, -0.25) is 9.88 Å². The van der Waals surface area contributed by atoms with E-state index in [0.29, 0.717) is 29.8 Å². The Bertz CT molecular complexity index is 878. The molecule has 0 bridgehead atoms. The number of benzene rings is 1. The normalized spacial score (nSPS) is 11.9. The summed E-state index contributed by atoms with van der Waals surface area (Å²) in [5, 5.41) is 3.94. The van der Waals surface area contributed by atoms with Gasteiger partial charge in [0.2, 0.25) is 0 Å². The first-order valence-electron chi connectivity index (χ1n) is 7.74. The summed E-state index contributed by atoms with van der Waals surface area (Å²) >= 11 is 0. The Hall–Kier alpha value is -2.74. The lowest BCUT2D eigenvalue weighted by atomic mass is 10.1. The van der Waals surface area contributed by atoms with Crippen molar-refractivity contribution in [1.82, 2.24) is 15.0 Å². The topological polar surface area (TPSA) is 42.2 Å². The first-order valence-corrected chi connectivity index (χ1v) is 7.74. The molecule has 0 aliphatic rings. The van der Waals surface area contributed by atoms with E-state index in [9.17, 15) is 17.6 Å². The quantitative estimate of drug-likeness (QED) is 0.623. The van der Waals surface area contributed by atoms with Crippen molar-refractivity contribution in [3.63, 3.8) is 0 Å². The van der Waals surface area contributed by atoms with Crippen LogP contribution in [-0.2, 0) is 19.3 Å². The van der Waals surface area contributed by atoms with Gasteiger partial charge in [0.1, 0.15) is 11.5 Å². The van der Waals surface area contributed by atoms with Crippen LogP contribution in [0.3, 0.4) is 0 Å². The van der Waals surface area contributed by atoms with Crippen molar-refractivity contribution in [3.8, 4) is 11.4 Å². The minimum atomic E-state index is -4.56. The van der Waals surface area contributed by atoms with E-state index in [0.717, 1.165) is 12.1 Å². The summed E-state index contributed by atoms with van der Waals surface area (Å²) < 4.78 is 57.0. The third-order valence-corrected chi connectivity index (χ3v) is 3.73. The van der Waals surface area contributed by atoms with E-state index in [2.05, 4.69) is 10.1 Å². The number of nitrogens with zero attached hydrogens (tertiary/aromatic N) is 3. The molecule has 4 nitrogen and oxygen atoms in total. The Kier molecular flexibility index (Phi) is 5.03. The van der Waals surface area contributed by atoms with Gasteiger partial charge >= 0.3 is 6.18 Å². The molecular formula is C18H15F4N3O. The predicted molar refractivity (Wildman–Crippen MR) is 86.3 cm³/mol. The molecule has 3 rings (SSSR count). The van der Waals surface area contributed by atoms with E-state index in [1.807, 2.05) is 6.07 Å². The first kappa shape index (κ1) is 18.1. The second-order valence-electron chi connectivity index (χ2n) is 5.87. The molecule has 0 aliphatic heterocycles. The fourth-order valence-corrected chi connectivity index (χ4v) is 2.49. The molecule has 0 amide bonds. The second kappa shape index (κ2) is 7.25. The zero-order valence-electron chi connectivity index (χ0n) is 13.8. The first-order chi connectivity index (χ1) is 12.3. The molecule has 8 heteroatoms. The average molecular weight is 365 g/mol. The van der Waals surface area contributed by atoms with E-state index in [1.165, 1.54) is 0 Å². The van der Waals surface area contributed by atoms with Gasteiger partial charge < -0.3 is 4.52 Å². The van der Waals surface area contributed by atoms with Gasteiger partial charge in [-0.05, 0) is 31.3 Å². The molecule has 0 spiro atoms. The highest BCUT2D eigenvalue weighted by molar-refractivity contribution is 5.52. The smallest absolute Gasteiger partial charge is 0.359 e. The van der Waals surface area contributed by atoms with Crippen molar-refractivity contribution in [2.45, 2.75) is 19.3 Å². The number of pyridine rings is 1. The molecule has 0 saturated carbocycles. The second-order valence-corrected chi connectivity index (χ2v) is 5.87. The van der Waals surface area contributed by atoms with Crippen LogP contribution in [0.1, 0.15) is 16.9 Å². The van der Waals surface area contributed by atoms with Crippen LogP contribution >= 0.6 is 0 Å². The van der Waals surface area contributed by atoms with E-state index in [1.54, 1.807) is 36.3 Å². The van der Waals surface area contributed by atoms with Crippen molar-refractivity contribution in [2.24, 2.45) is 0 Å². The number of hydrogen-bond acceptors (Lipinski definition) is 4. The van der Waals surface area contributed by atoms with Gasteiger partial charge in [-0.15, -0.1) is 0 Å². The molecule has 0 saturated heterocycles. The average Bonchev–Trinajstić information content (AvgIpc) is 3.05. The lowest BCUT2D eigenvalue weighted by molar-refractivity contribution is -0.137. The monoisotopic (exact) mass is 365 g/mol. The fraction of sp³-hybridized carbons (Fsp3) is 0.222. The van der Waals surface area contributed by atoms with Crippen molar-refractivity contribution >= 4 is 0 Å². The van der Waals surface area contributed by atoms with Crippen LogP contribution in [0.2, 0.25) is 0 Å². The maximum absolute atomic E-state index is 13.9. The van der Waals surface area contributed by atoms with E-state index in [-0.39, 0.29) is 12.1 Å². The molecule has 0 aliphatic carbocycles. The SMILES string of the molecule is CN(Cc1cc(-c2ccccn2)no1)Cc1ccc(C(F)(F)F)cc1F. The van der Waals surface area contributed by atoms with E-state index in [4.69, 9.17) is 4.52 Å². The predicted octanol–water partition coefficient (Wildman–Crippen LogP) is 4.53. The lowest BCUT2D eigenvalue weighted by Gasteiger charge is -2.16. The maximum atomic E-state index is 13.9. The number of rotatable bonds is 5. The summed E-state index contributed by atoms with van der Waals surface area (Å²) in [5.41, 5.74) is 0.412. The Morgan fingerprint density at radius 2 is 1.85 bits per heavy atom. The van der Waals surface area contributed by atoms with Crippen LogP contribution in [-0.4, -0.2) is 22.1 Å². The highest BCUT2D eigenvalue weighted by atomic mass is 19.4. The lowest BCUT2D eigenvalue weighted by Crippen LogP contribution is -2.18. The molecule has 136 valence electrons. The molecular weight excluding hydrogens is 350 g/mol. The Balaban J connectivity index is 1.66. The Labute approximate surface area is 147 Å². The summed E-state index contributed by atoms with van der Waals surface area (Å²) in [6.07, 6.45) is -2.92. The van der Waals surface area contributed by atoms with Crippen molar-refractivity contribution in [2.75, 3.05) is 7.05 Å². The summed E-state index contributed by atoms with van der Waals surface area (Å²) in [6.45, 7) is 0.448. The standard InChI is InChI=1S/C18H15F4N3O/c1-25(10-12-5-6-13(8-15(12)19)18(20,21)22)11-14-9-17(24-26-14)16-4-2-3-7-23-16/h2-9H,10-11H2,1H3. The van der Waals surface area contributed by atoms with Crippen molar-refractivity contribution < 1.29 is 22.1 Å². The summed E-state index contributed by atoms with van der Waals surface area (Å²) in [5.74, 6) is -0.348. The zero-order chi connectivity index (χ0) is 18.7. The largest absolute Gasteiger partial charge is 0.416 e. The minimum Gasteiger partial charge on any atom is -0.359 e. The molecule has 0 fully saturated rings. The van der Waals surface area contributed by atoms with Gasteiger partial charge in [-0.25, -0.2) is 4.39 Å². The number of halogens is 4. The van der Waals surface area contributed by atoms with Gasteiger partial charge in [-0.2, -0.15) is 13.2 Å². The minimum absolute atomic E-state index is 0.129. The van der Waals surface area contributed by atoms with Crippen LogP contribution in [0.4, 0.5) is 17.6 Å². The van der Waals surface area contributed by atoms with Gasteiger partial charge in [-0.1, -0.05) is 17.3 Å². The zero-order valence-corrected chi connectivity index (χ0v) is 13.8. The van der Waals surface area contributed by atoms with Crippen LogP contribution in [0.5, 0.6) is 0 Å². The van der Waals surface area contributed by atoms with Crippen LogP contribution in [0, 0.1) is 5.82 Å². The molecule has 2 heterocycles. The van der Waals surface area contributed by atoms with E-state index < -0.39 is 17.6 Å². The van der Waals surface area contributed by atoms with Crippen LogP contribution in [0.15, 0.2) is 53.2 Å². The molecule has 1 aromatic carbocycles. The third kappa shape index (κ3) is 4.26. The van der Waals surface area contributed by atoms with E-state index >= 15 is 0 Å². The molecule has 0 atom stereocenters. The highest BCUT2D eigenvalue weighted by Crippen LogP contribution is 2.30. The van der Waals surface area contributed by atoms with Gasteiger partial charge in [0, 0.05) is 24.4 Å². The van der Waals surface area contributed by atoms with Crippen molar-refractivity contribution in [1.29, 1.82) is 0 Å². The molecule has 26 heavy (non-hydrogen) atoms. The highest BCUT2D eigenvalue weighted by Gasteiger charge is 2.31. The molecule has 3 aromatic rings. The third-order valence-electron chi connectivity index (χ3n) is 3.73. The molecule has 0 unspecified atom stereocenters. The number of aromatic nitrogens is 2. The molecule has 0 N–H and O–H groups in total. The number of alkyl halides is 3. The van der Waals surface area contributed by atoms with Gasteiger partial charge in [0.25, 0.3) is 0 Å². The molecule has 0 radical (unpaired) electrons. The summed E-state index contributed by atoms with van der Waals surface area (Å²) in [4.78, 5) is 5.89. The fourth-order valence-electron chi connectivity index (χ4n) is 2.49. The van der Waals surface area contributed by atoms with Gasteiger partial charge in [0.05, 0.1) is 17.8 Å². The maximum Gasteiger partial charge on any atom is 0.416 e. The van der Waals surface area contributed by atoms with Gasteiger partial charge in [0.15, 0.2) is 5.76 Å². The summed E-state index contributed by atoms with van der Waals surface area (Å²) in [7, 11) is 1.71. The van der Waals surface area contributed by atoms with Crippen LogP contribution in [0.25, 0.3) is 11.4 Å². The Morgan fingerprint density at radius 1 is 1.04 bits per heavy atom. The van der Waals surface area contributed by atoms with Crippen LogP contribution < -0.4 is 0 Å². The number of hydrogen-bond donors (Lipinski definition) is 0. The molecule has 2 aromatic heterocycles. The Morgan fingerprint density at radius 3 is 2.50 bits per heavy atom. The van der Waals surface area contributed by atoms with Crippen molar-refractivity contribution in [3.05, 3.63) is 71.4 Å². The summed E-state index contributed by atoms with van der Waals surface area (Å²) in [6, 6.07) is 9.67.